The first-order valence-electron chi connectivity index (χ1n) is 22.1. The number of aromatic nitrogens is 3. The van der Waals surface area contributed by atoms with Crippen molar-refractivity contribution in [3.63, 3.8) is 0 Å². The summed E-state index contributed by atoms with van der Waals surface area (Å²) in [4.78, 5) is 16.0. The third-order valence-corrected chi connectivity index (χ3v) is 13.9. The lowest BCUT2D eigenvalue weighted by Crippen LogP contribution is -2.33. The summed E-state index contributed by atoms with van der Waals surface area (Å²) in [7, 11) is 0. The molecule has 4 heteroatoms. The lowest BCUT2D eigenvalue weighted by Gasteiger charge is -2.41. The van der Waals surface area contributed by atoms with E-state index in [1.807, 2.05) is 36.4 Å². The van der Waals surface area contributed by atoms with Gasteiger partial charge in [-0.3, -0.25) is 0 Å². The van der Waals surface area contributed by atoms with Crippen LogP contribution in [0.1, 0.15) is 56.6 Å². The van der Waals surface area contributed by atoms with E-state index in [1.165, 1.54) is 55.2 Å². The maximum Gasteiger partial charge on any atom is 0.165 e. The molecule has 2 aliphatic rings. The Bertz CT molecular complexity index is 3020. The highest BCUT2D eigenvalue weighted by atomic mass is 15.0. The number of nitrogens with zero attached hydrogens (tertiary/aromatic N) is 4. The van der Waals surface area contributed by atoms with Crippen LogP contribution < -0.4 is 0 Å². The molecule has 298 valence electrons. The van der Waals surface area contributed by atoms with Gasteiger partial charge >= 0.3 is 0 Å². The van der Waals surface area contributed by atoms with Crippen molar-refractivity contribution in [3.8, 4) is 73.6 Å². The fraction of sp³-hybridized carbons (Fsp3) is 0.172. The van der Waals surface area contributed by atoms with Crippen molar-refractivity contribution in [1.29, 1.82) is 5.26 Å². The molecule has 11 rings (SSSR count). The Morgan fingerprint density at radius 3 is 1.44 bits per heavy atom. The molecule has 9 aromatic rings. The number of rotatable bonds is 8. The van der Waals surface area contributed by atoms with E-state index in [9.17, 15) is 5.26 Å². The van der Waals surface area contributed by atoms with Gasteiger partial charge in [-0.25, -0.2) is 15.0 Å². The molecule has 62 heavy (non-hydrogen) atoms. The number of fused-ring (bicyclic) bond motifs is 4. The van der Waals surface area contributed by atoms with Crippen LogP contribution in [-0.2, 0) is 5.41 Å². The topological polar surface area (TPSA) is 62.5 Å². The zero-order chi connectivity index (χ0) is 41.6. The third-order valence-electron chi connectivity index (χ3n) is 13.9. The molecule has 2 bridgehead atoms. The minimum atomic E-state index is 0.280. The Labute approximate surface area is 363 Å². The van der Waals surface area contributed by atoms with E-state index in [2.05, 4.69) is 153 Å². The minimum Gasteiger partial charge on any atom is -0.208 e. The van der Waals surface area contributed by atoms with Crippen LogP contribution in [0.2, 0.25) is 0 Å². The fourth-order valence-corrected chi connectivity index (χ4v) is 10.9. The normalized spacial score (nSPS) is 18.2. The largest absolute Gasteiger partial charge is 0.208 e. The number of hydrogen-bond acceptors (Lipinski definition) is 4. The second kappa shape index (κ2) is 15.7. The highest BCUT2D eigenvalue weighted by Gasteiger charge is 2.43. The van der Waals surface area contributed by atoms with Crippen molar-refractivity contribution in [2.75, 3.05) is 0 Å². The van der Waals surface area contributed by atoms with E-state index >= 15 is 0 Å². The van der Waals surface area contributed by atoms with E-state index in [-0.39, 0.29) is 5.41 Å². The molecular weight excluding hydrogens is 753 g/mol. The molecule has 0 saturated heterocycles. The molecule has 1 aromatic heterocycles. The first-order chi connectivity index (χ1) is 30.6. The van der Waals surface area contributed by atoms with Crippen LogP contribution in [0.3, 0.4) is 0 Å². The minimum absolute atomic E-state index is 0.280. The van der Waals surface area contributed by atoms with Gasteiger partial charge in [0.15, 0.2) is 17.5 Å². The Hall–Kier alpha value is -7.22. The number of hydrogen-bond donors (Lipinski definition) is 0. The molecular formula is C58H46N4. The van der Waals surface area contributed by atoms with Gasteiger partial charge in [0.1, 0.15) is 0 Å². The van der Waals surface area contributed by atoms with Crippen LogP contribution in [0.15, 0.2) is 176 Å². The highest BCUT2D eigenvalue weighted by Crippen LogP contribution is 2.54. The molecule has 1 heterocycles. The summed E-state index contributed by atoms with van der Waals surface area (Å²) in [5.74, 6) is 3.49. The zero-order valence-electron chi connectivity index (χ0n) is 34.9. The van der Waals surface area contributed by atoms with Crippen molar-refractivity contribution >= 4 is 21.5 Å². The molecule has 0 spiro atoms. The molecule has 2 aliphatic carbocycles. The summed E-state index contributed by atoms with van der Waals surface area (Å²) in [6.45, 7) is 2.40. The fourth-order valence-electron chi connectivity index (χ4n) is 10.9. The molecule has 3 atom stereocenters. The molecule has 2 fully saturated rings. The van der Waals surface area contributed by atoms with Crippen LogP contribution >= 0.6 is 0 Å². The van der Waals surface area contributed by atoms with Crippen LogP contribution in [0, 0.1) is 23.2 Å². The van der Waals surface area contributed by atoms with Gasteiger partial charge in [0.05, 0.1) is 11.6 Å². The zero-order valence-corrected chi connectivity index (χ0v) is 34.9. The summed E-state index contributed by atoms with van der Waals surface area (Å²) in [6, 6.07) is 64.4. The molecule has 0 radical (unpaired) electrons. The summed E-state index contributed by atoms with van der Waals surface area (Å²) in [5, 5.41) is 14.2. The van der Waals surface area contributed by atoms with Crippen LogP contribution in [0.25, 0.3) is 89.1 Å². The first-order valence-corrected chi connectivity index (χ1v) is 22.1. The van der Waals surface area contributed by atoms with Crippen molar-refractivity contribution in [3.05, 3.63) is 187 Å². The van der Waals surface area contributed by atoms with E-state index in [0.29, 0.717) is 23.0 Å². The lowest BCUT2D eigenvalue weighted by molar-refractivity contribution is 0.207. The van der Waals surface area contributed by atoms with Gasteiger partial charge in [-0.1, -0.05) is 153 Å². The van der Waals surface area contributed by atoms with E-state index in [1.54, 1.807) is 0 Å². The second-order valence-corrected chi connectivity index (χ2v) is 17.5. The van der Waals surface area contributed by atoms with Gasteiger partial charge < -0.3 is 0 Å². The predicted molar refractivity (Wildman–Crippen MR) is 254 cm³/mol. The Balaban J connectivity index is 1.12. The van der Waals surface area contributed by atoms with Gasteiger partial charge in [0.2, 0.25) is 0 Å². The van der Waals surface area contributed by atoms with Crippen molar-refractivity contribution in [2.45, 2.75) is 50.9 Å². The SMILES string of the molecule is CCC1(c2ccc(-c3c4ccccc4c(-c4nc(-c5ccc(C#N)cc5)nc(-c5cc(-c6ccccc6)cc(-c6ccccc6)c5)n4)c4ccccc34)cc2)C[C@@H]2CC[C@@H](C2)C1. The van der Waals surface area contributed by atoms with E-state index in [4.69, 9.17) is 15.0 Å². The van der Waals surface area contributed by atoms with Gasteiger partial charge in [0.25, 0.3) is 0 Å². The summed E-state index contributed by atoms with van der Waals surface area (Å²) < 4.78 is 0. The van der Waals surface area contributed by atoms with Crippen molar-refractivity contribution < 1.29 is 0 Å². The molecule has 4 nitrogen and oxygen atoms in total. The Kier molecular flexibility index (Phi) is 9.54. The monoisotopic (exact) mass is 798 g/mol. The first kappa shape index (κ1) is 37.8. The maximum absolute atomic E-state index is 9.66. The van der Waals surface area contributed by atoms with Gasteiger partial charge in [-0.05, 0) is 146 Å². The van der Waals surface area contributed by atoms with Crippen LogP contribution in [0.5, 0.6) is 0 Å². The van der Waals surface area contributed by atoms with Crippen LogP contribution in [0.4, 0.5) is 0 Å². The average molecular weight is 799 g/mol. The van der Waals surface area contributed by atoms with Gasteiger partial charge in [-0.2, -0.15) is 5.26 Å². The van der Waals surface area contributed by atoms with E-state index in [0.717, 1.165) is 72.3 Å². The third kappa shape index (κ3) is 6.75. The number of benzene rings is 8. The Morgan fingerprint density at radius 2 is 0.919 bits per heavy atom. The molecule has 0 aliphatic heterocycles. The summed E-state index contributed by atoms with van der Waals surface area (Å²) in [6.07, 6.45) is 8.08. The van der Waals surface area contributed by atoms with E-state index < -0.39 is 0 Å². The second-order valence-electron chi connectivity index (χ2n) is 17.5. The van der Waals surface area contributed by atoms with Crippen molar-refractivity contribution in [1.82, 2.24) is 15.0 Å². The highest BCUT2D eigenvalue weighted by molar-refractivity contribution is 6.20. The molecule has 2 saturated carbocycles. The quantitative estimate of drug-likeness (QED) is 0.144. The standard InChI is InChI=1S/C58H46N4/c1-2-58(35-39-21-22-40(31-39)36-58)48-29-27-43(28-30-48)53-49-17-9-11-19-51(49)54(52-20-12-10-18-50(52)53)57-61-55(44-25-23-38(37-59)24-26-44)60-56(62-57)47-33-45(41-13-5-3-6-14-41)32-46(34-47)42-15-7-4-8-16-42/h3-20,23-30,32-34,39-40H,2,21-22,31,35-36H2,1H3/t39-,40+,58?. The molecule has 1 unspecified atom stereocenters. The van der Waals surface area contributed by atoms with Crippen LogP contribution in [-0.4, -0.2) is 15.0 Å². The Morgan fingerprint density at radius 1 is 0.468 bits per heavy atom. The number of nitriles is 1. The average Bonchev–Trinajstić information content (AvgIpc) is 3.70. The maximum atomic E-state index is 9.66. The molecule has 8 aromatic carbocycles. The van der Waals surface area contributed by atoms with Crippen molar-refractivity contribution in [2.24, 2.45) is 11.8 Å². The van der Waals surface area contributed by atoms with Gasteiger partial charge in [-0.15, -0.1) is 0 Å². The van der Waals surface area contributed by atoms with Gasteiger partial charge in [0, 0.05) is 16.7 Å². The molecule has 0 N–H and O–H groups in total. The lowest BCUT2D eigenvalue weighted by atomic mass is 9.64. The predicted octanol–water partition coefficient (Wildman–Crippen LogP) is 14.9. The molecule has 0 amide bonds. The summed E-state index contributed by atoms with van der Waals surface area (Å²) in [5.41, 5.74) is 11.9. The summed E-state index contributed by atoms with van der Waals surface area (Å²) >= 11 is 0. The smallest absolute Gasteiger partial charge is 0.165 e.